The van der Waals surface area contributed by atoms with Gasteiger partial charge in [-0.05, 0) is 79.8 Å². The van der Waals surface area contributed by atoms with E-state index < -0.39 is 5.60 Å². The Labute approximate surface area is 160 Å². The highest BCUT2D eigenvalue weighted by Gasteiger charge is 2.29. The summed E-state index contributed by atoms with van der Waals surface area (Å²) in [5, 5.41) is 16.5. The molecule has 27 heavy (non-hydrogen) atoms. The lowest BCUT2D eigenvalue weighted by molar-refractivity contribution is 0.0170. The number of carbonyl (C=O) groups excluding carboxylic acids is 1. The van der Waals surface area contributed by atoms with Gasteiger partial charge in [0.1, 0.15) is 5.75 Å². The van der Waals surface area contributed by atoms with Crippen LogP contribution in [0.5, 0.6) is 5.75 Å². The van der Waals surface area contributed by atoms with E-state index >= 15 is 0 Å². The molecule has 1 aliphatic rings. The monoisotopic (exact) mass is 368 g/mol. The number of aliphatic hydroxyl groups is 1. The number of nitrogens with one attached hydrogen (secondary N) is 2. The van der Waals surface area contributed by atoms with Gasteiger partial charge >= 0.3 is 0 Å². The summed E-state index contributed by atoms with van der Waals surface area (Å²) in [7, 11) is 1.68. The second-order valence-electron chi connectivity index (χ2n) is 7.40. The van der Waals surface area contributed by atoms with E-state index in [1.54, 1.807) is 7.11 Å². The van der Waals surface area contributed by atoms with Crippen molar-refractivity contribution in [2.75, 3.05) is 26.7 Å². The van der Waals surface area contributed by atoms with Crippen molar-refractivity contribution in [3.05, 3.63) is 53.1 Å². The molecule has 0 unspecified atom stereocenters. The van der Waals surface area contributed by atoms with E-state index in [2.05, 4.69) is 23.6 Å². The zero-order chi connectivity index (χ0) is 19.4. The normalized spacial score (nSPS) is 19.6. The molecule has 2 aromatic rings. The van der Waals surface area contributed by atoms with Gasteiger partial charge in [-0.3, -0.25) is 4.79 Å². The summed E-state index contributed by atoms with van der Waals surface area (Å²) in [5.74, 6) is 0.713. The van der Waals surface area contributed by atoms with Crippen LogP contribution in [-0.4, -0.2) is 43.4 Å². The van der Waals surface area contributed by atoms with Crippen molar-refractivity contribution in [2.45, 2.75) is 32.3 Å². The lowest BCUT2D eigenvalue weighted by Gasteiger charge is -2.32. The summed E-state index contributed by atoms with van der Waals surface area (Å²) < 4.78 is 5.37. The van der Waals surface area contributed by atoms with Gasteiger partial charge in [-0.15, -0.1) is 0 Å². The Morgan fingerprint density at radius 3 is 2.59 bits per heavy atom. The van der Waals surface area contributed by atoms with Gasteiger partial charge in [0.05, 0.1) is 12.7 Å². The van der Waals surface area contributed by atoms with Crippen LogP contribution in [0.25, 0.3) is 11.1 Å². The fourth-order valence-corrected chi connectivity index (χ4v) is 3.57. The van der Waals surface area contributed by atoms with E-state index in [9.17, 15) is 9.90 Å². The molecule has 1 fully saturated rings. The van der Waals surface area contributed by atoms with Gasteiger partial charge in [0.2, 0.25) is 0 Å². The molecule has 0 spiro atoms. The minimum Gasteiger partial charge on any atom is -0.496 e. The molecule has 144 valence electrons. The van der Waals surface area contributed by atoms with Crippen LogP contribution in [0.1, 0.15) is 34.3 Å². The maximum absolute atomic E-state index is 12.4. The largest absolute Gasteiger partial charge is 0.496 e. The molecule has 1 atom stereocenters. The summed E-state index contributed by atoms with van der Waals surface area (Å²) in [4.78, 5) is 12.4. The first kappa shape index (κ1) is 19.4. The quantitative estimate of drug-likeness (QED) is 0.759. The molecule has 2 aromatic carbocycles. The number of aryl methyl sites for hydroxylation is 2. The van der Waals surface area contributed by atoms with E-state index in [1.165, 1.54) is 0 Å². The van der Waals surface area contributed by atoms with Crippen molar-refractivity contribution in [2.24, 2.45) is 0 Å². The zero-order valence-corrected chi connectivity index (χ0v) is 16.3. The van der Waals surface area contributed by atoms with Crippen LogP contribution in [0.2, 0.25) is 0 Å². The topological polar surface area (TPSA) is 70.6 Å². The van der Waals surface area contributed by atoms with Crippen molar-refractivity contribution < 1.29 is 14.6 Å². The number of benzene rings is 2. The minimum atomic E-state index is -0.856. The summed E-state index contributed by atoms with van der Waals surface area (Å²) in [6.07, 6.45) is 1.62. The number of hydrogen-bond acceptors (Lipinski definition) is 4. The first-order valence-electron chi connectivity index (χ1n) is 9.39. The van der Waals surface area contributed by atoms with Gasteiger partial charge in [-0.25, -0.2) is 0 Å². The molecule has 0 aromatic heterocycles. The highest BCUT2D eigenvalue weighted by molar-refractivity contribution is 5.94. The predicted molar refractivity (Wildman–Crippen MR) is 107 cm³/mol. The molecular weight excluding hydrogens is 340 g/mol. The molecule has 0 bridgehead atoms. The van der Waals surface area contributed by atoms with Crippen LogP contribution in [0.4, 0.5) is 0 Å². The average molecular weight is 368 g/mol. The summed E-state index contributed by atoms with van der Waals surface area (Å²) in [5.41, 5.74) is 4.13. The predicted octanol–water partition coefficient (Wildman–Crippen LogP) is 2.82. The van der Waals surface area contributed by atoms with Crippen molar-refractivity contribution in [3.63, 3.8) is 0 Å². The first-order chi connectivity index (χ1) is 12.9. The third-order valence-corrected chi connectivity index (χ3v) is 5.23. The van der Waals surface area contributed by atoms with Crippen LogP contribution in [-0.2, 0) is 0 Å². The summed E-state index contributed by atoms with van der Waals surface area (Å²) in [6.45, 7) is 5.77. The van der Waals surface area contributed by atoms with E-state index in [-0.39, 0.29) is 12.5 Å². The second kappa shape index (κ2) is 8.11. The Balaban J connectivity index is 1.70. The molecule has 5 nitrogen and oxygen atoms in total. The molecule has 3 N–H and O–H groups in total. The van der Waals surface area contributed by atoms with Crippen LogP contribution in [0.3, 0.4) is 0 Å². The number of amides is 1. The number of ether oxygens (including phenoxy) is 1. The molecule has 0 aliphatic carbocycles. The maximum atomic E-state index is 12.4. The van der Waals surface area contributed by atoms with Crippen LogP contribution in [0, 0.1) is 13.8 Å². The molecule has 3 rings (SSSR count). The van der Waals surface area contributed by atoms with Gasteiger partial charge in [-0.1, -0.05) is 12.1 Å². The van der Waals surface area contributed by atoms with E-state index in [4.69, 9.17) is 4.74 Å². The van der Waals surface area contributed by atoms with Crippen LogP contribution < -0.4 is 15.4 Å². The fraction of sp³-hybridized carbons (Fsp3) is 0.409. The summed E-state index contributed by atoms with van der Waals surface area (Å²) >= 11 is 0. The van der Waals surface area contributed by atoms with Gasteiger partial charge in [0.15, 0.2) is 0 Å². The number of rotatable bonds is 5. The minimum absolute atomic E-state index is 0.164. The molecule has 0 saturated carbocycles. The Kier molecular flexibility index (Phi) is 5.82. The third kappa shape index (κ3) is 4.49. The van der Waals surface area contributed by atoms with E-state index in [0.29, 0.717) is 18.5 Å². The summed E-state index contributed by atoms with van der Waals surface area (Å²) in [6, 6.07) is 11.7. The maximum Gasteiger partial charge on any atom is 0.251 e. The Hall–Kier alpha value is -2.37. The zero-order valence-electron chi connectivity index (χ0n) is 16.3. The molecule has 5 heteroatoms. The van der Waals surface area contributed by atoms with Gasteiger partial charge in [-0.2, -0.15) is 0 Å². The highest BCUT2D eigenvalue weighted by atomic mass is 16.5. The third-order valence-electron chi connectivity index (χ3n) is 5.23. The standard InChI is InChI=1S/C22H28N2O3/c1-15-12-20(27-3)16(2)11-19(15)17-5-7-18(8-6-17)21(25)24-14-22(26)9-4-10-23-13-22/h5-8,11-12,23,26H,4,9-10,13-14H2,1-3H3,(H,24,25)/t22-/m0/s1. The molecule has 0 radical (unpaired) electrons. The van der Waals surface area contributed by atoms with Crippen molar-refractivity contribution in [1.29, 1.82) is 0 Å². The lowest BCUT2D eigenvalue weighted by atomic mass is 9.94. The number of carbonyl (C=O) groups is 1. The number of methoxy groups -OCH3 is 1. The Morgan fingerprint density at radius 1 is 1.22 bits per heavy atom. The lowest BCUT2D eigenvalue weighted by Crippen LogP contribution is -2.52. The van der Waals surface area contributed by atoms with E-state index in [1.807, 2.05) is 37.3 Å². The molecule has 1 saturated heterocycles. The first-order valence-corrected chi connectivity index (χ1v) is 9.39. The number of β-amino-alcohol motifs (C(OH)–C–C–N with tert-alkyl or cyclic N) is 1. The molecular formula is C22H28N2O3. The van der Waals surface area contributed by atoms with Gasteiger partial charge in [0.25, 0.3) is 5.91 Å². The van der Waals surface area contributed by atoms with Gasteiger partial charge < -0.3 is 20.5 Å². The Morgan fingerprint density at radius 2 is 1.96 bits per heavy atom. The van der Waals surface area contributed by atoms with Crippen molar-refractivity contribution in [1.82, 2.24) is 10.6 Å². The number of hydrogen-bond donors (Lipinski definition) is 3. The smallest absolute Gasteiger partial charge is 0.251 e. The van der Waals surface area contributed by atoms with Gasteiger partial charge in [0, 0.05) is 18.7 Å². The van der Waals surface area contributed by atoms with Crippen molar-refractivity contribution >= 4 is 5.91 Å². The second-order valence-corrected chi connectivity index (χ2v) is 7.40. The van der Waals surface area contributed by atoms with E-state index in [0.717, 1.165) is 41.0 Å². The highest BCUT2D eigenvalue weighted by Crippen LogP contribution is 2.30. The average Bonchev–Trinajstić information content (AvgIpc) is 2.68. The molecule has 1 heterocycles. The SMILES string of the molecule is COc1cc(C)c(-c2ccc(C(=O)NC[C@]3(O)CCCNC3)cc2)cc1C. The van der Waals surface area contributed by atoms with Crippen LogP contribution >= 0.6 is 0 Å². The Bertz CT molecular complexity index is 809. The van der Waals surface area contributed by atoms with Crippen molar-refractivity contribution in [3.8, 4) is 16.9 Å². The fourth-order valence-electron chi connectivity index (χ4n) is 3.57. The van der Waals surface area contributed by atoms with Crippen LogP contribution in [0.15, 0.2) is 36.4 Å². The molecule has 1 amide bonds. The molecule has 1 aliphatic heterocycles. The number of piperidine rings is 1.